The van der Waals surface area contributed by atoms with Gasteiger partial charge in [-0.2, -0.15) is 17.0 Å². The molecule has 1 fully saturated rings. The molecule has 1 aliphatic rings. The number of nitrogens with one attached hydrogen (secondary N) is 1. The molecule has 0 atom stereocenters. The fourth-order valence-corrected chi connectivity index (χ4v) is 4.85. The third-order valence-corrected chi connectivity index (χ3v) is 6.58. The quantitative estimate of drug-likeness (QED) is 0.804. The second-order valence-corrected chi connectivity index (χ2v) is 8.69. The van der Waals surface area contributed by atoms with E-state index < -0.39 is 16.0 Å². The Labute approximate surface area is 165 Å². The summed E-state index contributed by atoms with van der Waals surface area (Å²) in [5.41, 5.74) is 2.31. The Morgan fingerprint density at radius 2 is 1.79 bits per heavy atom. The zero-order valence-electron chi connectivity index (χ0n) is 15.8. The fourth-order valence-electron chi connectivity index (χ4n) is 3.21. The molecule has 1 N–H and O–H groups in total. The average molecular weight is 405 g/mol. The van der Waals surface area contributed by atoms with Crippen LogP contribution in [0.5, 0.6) is 0 Å². The van der Waals surface area contributed by atoms with Gasteiger partial charge < -0.3 is 5.32 Å². The van der Waals surface area contributed by atoms with Gasteiger partial charge >= 0.3 is 0 Å². The summed E-state index contributed by atoms with van der Waals surface area (Å²) in [6.07, 6.45) is 1.45. The van der Waals surface area contributed by atoms with Gasteiger partial charge in [-0.25, -0.2) is 4.39 Å². The smallest absolute Gasteiger partial charge is 0.282 e. The van der Waals surface area contributed by atoms with Crippen molar-refractivity contribution in [1.82, 2.24) is 8.61 Å². The maximum Gasteiger partial charge on any atom is 0.282 e. The number of benzene rings is 2. The highest BCUT2D eigenvalue weighted by atomic mass is 32.2. The van der Waals surface area contributed by atoms with Crippen LogP contribution in [0, 0.1) is 5.82 Å². The molecule has 28 heavy (non-hydrogen) atoms. The fraction of sp³-hybridized carbons (Fsp3) is 0.350. The predicted molar refractivity (Wildman–Crippen MR) is 106 cm³/mol. The molecule has 8 heteroatoms. The highest BCUT2D eigenvalue weighted by Gasteiger charge is 2.34. The lowest BCUT2D eigenvalue weighted by molar-refractivity contribution is -0.116. The Kier molecular flexibility index (Phi) is 6.43. The Bertz CT molecular complexity index is 949. The molecular weight excluding hydrogens is 381 g/mol. The number of aryl methyl sites for hydroxylation is 1. The minimum atomic E-state index is -3.79. The largest absolute Gasteiger partial charge is 0.325 e. The Morgan fingerprint density at radius 3 is 2.54 bits per heavy atom. The van der Waals surface area contributed by atoms with Gasteiger partial charge in [-0.3, -0.25) is 4.79 Å². The van der Waals surface area contributed by atoms with Gasteiger partial charge in [0, 0.05) is 25.3 Å². The molecule has 2 aromatic rings. The minimum Gasteiger partial charge on any atom is -0.325 e. The van der Waals surface area contributed by atoms with Gasteiger partial charge in [0.15, 0.2) is 0 Å². The maximum absolute atomic E-state index is 13.4. The molecule has 0 unspecified atom stereocenters. The summed E-state index contributed by atoms with van der Waals surface area (Å²) in [5, 5.41) is 2.76. The van der Waals surface area contributed by atoms with E-state index in [4.69, 9.17) is 0 Å². The van der Waals surface area contributed by atoms with E-state index in [1.54, 1.807) is 18.2 Å². The molecule has 1 aliphatic heterocycles. The molecule has 6 nitrogen and oxygen atoms in total. The van der Waals surface area contributed by atoms with Crippen molar-refractivity contribution in [3.8, 4) is 0 Å². The molecular formula is C20H24FN3O3S. The highest BCUT2D eigenvalue weighted by Crippen LogP contribution is 2.20. The first-order valence-electron chi connectivity index (χ1n) is 9.27. The summed E-state index contributed by atoms with van der Waals surface area (Å²) in [7, 11) is -3.79. The summed E-state index contributed by atoms with van der Waals surface area (Å²) in [6.45, 7) is 2.48. The van der Waals surface area contributed by atoms with Gasteiger partial charge in [-0.15, -0.1) is 0 Å². The van der Waals surface area contributed by atoms with Crippen LogP contribution in [0.3, 0.4) is 0 Å². The van der Waals surface area contributed by atoms with Crippen molar-refractivity contribution in [2.24, 2.45) is 0 Å². The minimum absolute atomic E-state index is 0.0801. The first-order chi connectivity index (χ1) is 13.4. The lowest BCUT2D eigenvalue weighted by Crippen LogP contribution is -2.51. The topological polar surface area (TPSA) is 69.7 Å². The molecule has 150 valence electrons. The number of rotatable bonds is 6. The summed E-state index contributed by atoms with van der Waals surface area (Å²) < 4.78 is 41.6. The molecule has 0 bridgehead atoms. The van der Waals surface area contributed by atoms with Gasteiger partial charge in [0.1, 0.15) is 5.82 Å². The number of anilines is 1. The number of carbonyl (C=O) groups is 1. The number of amides is 1. The lowest BCUT2D eigenvalue weighted by atomic mass is 10.1. The molecule has 0 aliphatic carbocycles. The standard InChI is InChI=1S/C20H24FN3O3S/c1-2-16-6-4-9-19(13-16)22-20(25)15-24-11-5-10-23(28(24,26)27)14-17-7-3-8-18(21)12-17/h3-4,6-9,12-13H,2,5,10-11,14-15H2,1H3,(H,22,25). The van der Waals surface area contributed by atoms with Crippen LogP contribution in [-0.2, 0) is 28.0 Å². The van der Waals surface area contributed by atoms with Crippen LogP contribution in [0.15, 0.2) is 48.5 Å². The third kappa shape index (κ3) is 4.95. The van der Waals surface area contributed by atoms with Crippen molar-refractivity contribution >= 4 is 21.8 Å². The van der Waals surface area contributed by atoms with Gasteiger partial charge in [-0.05, 0) is 48.2 Å². The summed E-state index contributed by atoms with van der Waals surface area (Å²) in [4.78, 5) is 12.4. The predicted octanol–water partition coefficient (Wildman–Crippen LogP) is 2.78. The van der Waals surface area contributed by atoms with E-state index in [9.17, 15) is 17.6 Å². The summed E-state index contributed by atoms with van der Waals surface area (Å²) in [5.74, 6) is -0.790. The number of carbonyl (C=O) groups excluding carboxylic acids is 1. The molecule has 0 aromatic heterocycles. The zero-order valence-corrected chi connectivity index (χ0v) is 16.6. The van der Waals surface area contributed by atoms with Crippen LogP contribution in [-0.4, -0.2) is 42.6 Å². The number of hydrogen-bond donors (Lipinski definition) is 1. The van der Waals surface area contributed by atoms with E-state index in [1.165, 1.54) is 20.7 Å². The first-order valence-corrected chi connectivity index (χ1v) is 10.7. The lowest BCUT2D eigenvalue weighted by Gasteiger charge is -2.34. The first kappa shape index (κ1) is 20.4. The zero-order chi connectivity index (χ0) is 20.1. The van der Waals surface area contributed by atoms with Gasteiger partial charge in [-0.1, -0.05) is 31.2 Å². The van der Waals surface area contributed by atoms with E-state index >= 15 is 0 Å². The summed E-state index contributed by atoms with van der Waals surface area (Å²) >= 11 is 0. The second kappa shape index (κ2) is 8.81. The molecule has 0 saturated carbocycles. The van der Waals surface area contributed by atoms with E-state index in [0.717, 1.165) is 12.0 Å². The highest BCUT2D eigenvalue weighted by molar-refractivity contribution is 7.86. The number of hydrogen-bond acceptors (Lipinski definition) is 3. The second-order valence-electron chi connectivity index (χ2n) is 6.76. The van der Waals surface area contributed by atoms with Crippen LogP contribution >= 0.6 is 0 Å². The van der Waals surface area contributed by atoms with Crippen LogP contribution in [0.4, 0.5) is 10.1 Å². The third-order valence-electron chi connectivity index (χ3n) is 4.65. The molecule has 1 heterocycles. The van der Waals surface area contributed by atoms with E-state index in [-0.39, 0.29) is 25.5 Å². The van der Waals surface area contributed by atoms with Gasteiger partial charge in [0.05, 0.1) is 6.54 Å². The van der Waals surface area contributed by atoms with Gasteiger partial charge in [0.25, 0.3) is 10.2 Å². The molecule has 1 saturated heterocycles. The maximum atomic E-state index is 13.4. The molecule has 1 amide bonds. The van der Waals surface area contributed by atoms with Crippen LogP contribution in [0.2, 0.25) is 0 Å². The van der Waals surface area contributed by atoms with Crippen molar-refractivity contribution in [3.63, 3.8) is 0 Å². The van der Waals surface area contributed by atoms with Crippen molar-refractivity contribution in [2.75, 3.05) is 25.0 Å². The monoisotopic (exact) mass is 405 g/mol. The van der Waals surface area contributed by atoms with Crippen molar-refractivity contribution < 1.29 is 17.6 Å². The summed E-state index contributed by atoms with van der Waals surface area (Å²) in [6, 6.07) is 13.3. The van der Waals surface area contributed by atoms with Crippen LogP contribution < -0.4 is 5.32 Å². The number of nitrogens with zero attached hydrogens (tertiary/aromatic N) is 2. The van der Waals surface area contributed by atoms with E-state index in [1.807, 2.05) is 25.1 Å². The van der Waals surface area contributed by atoms with Crippen molar-refractivity contribution in [2.45, 2.75) is 26.3 Å². The molecule has 3 rings (SSSR count). The normalized spacial score (nSPS) is 17.4. The molecule has 2 aromatic carbocycles. The Balaban J connectivity index is 1.66. The van der Waals surface area contributed by atoms with E-state index in [0.29, 0.717) is 24.2 Å². The Hall–Kier alpha value is -2.29. The number of halogens is 1. The van der Waals surface area contributed by atoms with Crippen molar-refractivity contribution in [3.05, 3.63) is 65.5 Å². The molecule has 0 spiro atoms. The average Bonchev–Trinajstić information content (AvgIpc) is 2.65. The molecule has 0 radical (unpaired) electrons. The van der Waals surface area contributed by atoms with Gasteiger partial charge in [0.2, 0.25) is 5.91 Å². The van der Waals surface area contributed by atoms with Crippen molar-refractivity contribution in [1.29, 1.82) is 0 Å². The SMILES string of the molecule is CCc1cccc(NC(=O)CN2CCCN(Cc3cccc(F)c3)S2(=O)=O)c1. The van der Waals surface area contributed by atoms with E-state index in [2.05, 4.69) is 5.32 Å². The van der Waals surface area contributed by atoms with Crippen LogP contribution in [0.1, 0.15) is 24.5 Å². The van der Waals surface area contributed by atoms with Crippen LogP contribution in [0.25, 0.3) is 0 Å². The Morgan fingerprint density at radius 1 is 1.07 bits per heavy atom.